The summed E-state index contributed by atoms with van der Waals surface area (Å²) in [5, 5.41) is 0. The minimum absolute atomic E-state index is 0.162. The summed E-state index contributed by atoms with van der Waals surface area (Å²) in [5.74, 6) is 1.39. The van der Waals surface area contributed by atoms with Crippen molar-refractivity contribution in [1.82, 2.24) is 14.5 Å². The predicted molar refractivity (Wildman–Crippen MR) is 88.7 cm³/mol. The van der Waals surface area contributed by atoms with Gasteiger partial charge < -0.3 is 15.1 Å². The van der Waals surface area contributed by atoms with E-state index in [-0.39, 0.29) is 18.1 Å². The molecular weight excluding hydrogens is 298 g/mol. The summed E-state index contributed by atoms with van der Waals surface area (Å²) in [6.45, 7) is 6.46. The monoisotopic (exact) mass is 321 g/mol. The van der Waals surface area contributed by atoms with Gasteiger partial charge in [0.05, 0.1) is 12.2 Å². The summed E-state index contributed by atoms with van der Waals surface area (Å²) in [5.41, 5.74) is 6.12. The number of rotatable bonds is 6. The number of nitrogens with two attached hydrogens (primary N) is 1. The van der Waals surface area contributed by atoms with Crippen LogP contribution < -0.4 is 21.9 Å². The molecule has 0 atom stereocenters. The van der Waals surface area contributed by atoms with Crippen LogP contribution in [0.25, 0.3) is 0 Å². The van der Waals surface area contributed by atoms with Crippen molar-refractivity contribution in [3.8, 4) is 0 Å². The number of oxazole rings is 1. The molecule has 23 heavy (non-hydrogen) atoms. The molecule has 2 heterocycles. The van der Waals surface area contributed by atoms with Gasteiger partial charge in [0.25, 0.3) is 5.56 Å². The Labute approximate surface area is 133 Å². The molecule has 0 aliphatic carbocycles. The van der Waals surface area contributed by atoms with Crippen molar-refractivity contribution in [2.24, 2.45) is 0 Å². The van der Waals surface area contributed by atoms with E-state index in [4.69, 9.17) is 10.2 Å². The Morgan fingerprint density at radius 3 is 2.61 bits per heavy atom. The fourth-order valence-corrected chi connectivity index (χ4v) is 2.37. The number of unbranched alkanes of at least 4 members (excludes halogenated alkanes) is 1. The minimum atomic E-state index is -0.511. The molecule has 2 aromatic rings. The second-order valence-electron chi connectivity index (χ2n) is 5.60. The molecule has 0 unspecified atom stereocenters. The van der Waals surface area contributed by atoms with E-state index in [1.165, 1.54) is 4.57 Å². The van der Waals surface area contributed by atoms with E-state index in [9.17, 15) is 9.59 Å². The number of hydrogen-bond acceptors (Lipinski definition) is 6. The van der Waals surface area contributed by atoms with E-state index in [1.807, 2.05) is 20.8 Å². The van der Waals surface area contributed by atoms with Crippen molar-refractivity contribution in [3.63, 3.8) is 0 Å². The van der Waals surface area contributed by atoms with Crippen LogP contribution in [0.2, 0.25) is 0 Å². The zero-order chi connectivity index (χ0) is 17.1. The molecule has 0 aliphatic rings. The lowest BCUT2D eigenvalue weighted by Gasteiger charge is -2.20. The van der Waals surface area contributed by atoms with Gasteiger partial charge in [-0.25, -0.2) is 9.78 Å². The molecule has 0 saturated heterocycles. The summed E-state index contributed by atoms with van der Waals surface area (Å²) in [4.78, 5) is 32.3. The van der Waals surface area contributed by atoms with E-state index in [2.05, 4.69) is 9.97 Å². The third-order valence-electron chi connectivity index (χ3n) is 3.78. The maximum Gasteiger partial charge on any atom is 0.330 e. The normalized spacial score (nSPS) is 11.0. The zero-order valence-corrected chi connectivity index (χ0v) is 14.0. The van der Waals surface area contributed by atoms with Crippen molar-refractivity contribution in [2.75, 3.05) is 17.7 Å². The fraction of sp³-hybridized carbons (Fsp3) is 0.533. The van der Waals surface area contributed by atoms with Gasteiger partial charge in [-0.15, -0.1) is 0 Å². The van der Waals surface area contributed by atoms with Crippen molar-refractivity contribution in [1.29, 1.82) is 0 Å². The average Bonchev–Trinajstić information content (AvgIpc) is 2.76. The molecule has 0 aromatic carbocycles. The molecule has 3 N–H and O–H groups in total. The molecule has 0 aliphatic heterocycles. The molecule has 2 aromatic heterocycles. The van der Waals surface area contributed by atoms with Crippen LogP contribution in [-0.2, 0) is 13.1 Å². The zero-order valence-electron chi connectivity index (χ0n) is 14.0. The lowest BCUT2D eigenvalue weighted by atomic mass is 10.3. The van der Waals surface area contributed by atoms with Crippen LogP contribution in [-0.4, -0.2) is 21.6 Å². The molecule has 0 amide bonds. The summed E-state index contributed by atoms with van der Waals surface area (Å²) in [6, 6.07) is 0. The highest BCUT2D eigenvalue weighted by atomic mass is 16.4. The molecule has 8 heteroatoms. The molecule has 0 bridgehead atoms. The third kappa shape index (κ3) is 3.46. The highest BCUT2D eigenvalue weighted by molar-refractivity contribution is 5.61. The Morgan fingerprint density at radius 2 is 2.04 bits per heavy atom. The Hall–Kier alpha value is -2.51. The summed E-state index contributed by atoms with van der Waals surface area (Å²) in [7, 11) is 1.71. The Kier molecular flexibility index (Phi) is 4.92. The molecule has 0 spiro atoms. The van der Waals surface area contributed by atoms with Gasteiger partial charge in [0, 0.05) is 13.6 Å². The van der Waals surface area contributed by atoms with E-state index in [0.717, 1.165) is 24.3 Å². The van der Waals surface area contributed by atoms with Gasteiger partial charge in [-0.05, 0) is 20.3 Å². The summed E-state index contributed by atoms with van der Waals surface area (Å²) >= 11 is 0. The second-order valence-corrected chi connectivity index (χ2v) is 5.60. The van der Waals surface area contributed by atoms with Crippen LogP contribution in [0.3, 0.4) is 0 Å². The minimum Gasteiger partial charge on any atom is -0.444 e. The van der Waals surface area contributed by atoms with Gasteiger partial charge >= 0.3 is 5.69 Å². The summed E-state index contributed by atoms with van der Waals surface area (Å²) < 4.78 is 6.92. The van der Waals surface area contributed by atoms with Crippen molar-refractivity contribution in [2.45, 2.75) is 46.7 Å². The first-order valence-corrected chi connectivity index (χ1v) is 7.61. The molecule has 0 fully saturated rings. The first kappa shape index (κ1) is 16.9. The van der Waals surface area contributed by atoms with Crippen LogP contribution in [0.4, 0.5) is 11.5 Å². The Morgan fingerprint density at radius 1 is 1.35 bits per heavy atom. The highest BCUT2D eigenvalue weighted by Gasteiger charge is 2.18. The number of hydrogen-bond donors (Lipinski definition) is 2. The second kappa shape index (κ2) is 6.72. The van der Waals surface area contributed by atoms with Crippen molar-refractivity contribution < 1.29 is 4.42 Å². The van der Waals surface area contributed by atoms with Gasteiger partial charge in [0.1, 0.15) is 17.3 Å². The van der Waals surface area contributed by atoms with Crippen molar-refractivity contribution in [3.05, 3.63) is 38.2 Å². The van der Waals surface area contributed by atoms with E-state index >= 15 is 0 Å². The topological polar surface area (TPSA) is 110 Å². The number of nitrogens with zero attached hydrogens (tertiary/aromatic N) is 3. The van der Waals surface area contributed by atoms with Gasteiger partial charge in [0.2, 0.25) is 5.89 Å². The smallest absolute Gasteiger partial charge is 0.330 e. The first-order chi connectivity index (χ1) is 10.8. The van der Waals surface area contributed by atoms with Crippen LogP contribution in [0.15, 0.2) is 14.0 Å². The molecule has 8 nitrogen and oxygen atoms in total. The number of aryl methyl sites for hydroxylation is 2. The van der Waals surface area contributed by atoms with Gasteiger partial charge in [-0.3, -0.25) is 14.3 Å². The number of H-pyrrole nitrogens is 1. The Balaban J connectivity index is 2.37. The largest absolute Gasteiger partial charge is 0.444 e. The number of nitrogen functional groups attached to an aromatic ring is 1. The number of anilines is 2. The van der Waals surface area contributed by atoms with Crippen LogP contribution in [0.1, 0.15) is 37.1 Å². The van der Waals surface area contributed by atoms with Gasteiger partial charge in [-0.1, -0.05) is 13.3 Å². The lowest BCUT2D eigenvalue weighted by molar-refractivity contribution is 0.468. The van der Waals surface area contributed by atoms with Crippen LogP contribution in [0, 0.1) is 13.8 Å². The quantitative estimate of drug-likeness (QED) is 0.826. The van der Waals surface area contributed by atoms with E-state index in [0.29, 0.717) is 12.4 Å². The first-order valence-electron chi connectivity index (χ1n) is 7.61. The molecule has 0 saturated carbocycles. The van der Waals surface area contributed by atoms with E-state index in [1.54, 1.807) is 11.9 Å². The number of aromatic nitrogens is 3. The van der Waals surface area contributed by atoms with Crippen molar-refractivity contribution >= 4 is 11.5 Å². The predicted octanol–water partition coefficient (Wildman–Crippen LogP) is 1.16. The highest BCUT2D eigenvalue weighted by Crippen LogP contribution is 2.18. The lowest BCUT2D eigenvalue weighted by Crippen LogP contribution is -2.37. The molecule has 2 rings (SSSR count). The van der Waals surface area contributed by atoms with Gasteiger partial charge in [-0.2, -0.15) is 0 Å². The summed E-state index contributed by atoms with van der Waals surface area (Å²) in [6.07, 6.45) is 1.72. The number of aromatic amines is 1. The molecule has 0 radical (unpaired) electrons. The molecular formula is C15H23N5O3. The van der Waals surface area contributed by atoms with Gasteiger partial charge in [0.15, 0.2) is 0 Å². The van der Waals surface area contributed by atoms with E-state index < -0.39 is 11.2 Å². The number of nitrogens with one attached hydrogen (secondary N) is 1. The standard InChI is InChI=1S/C15H23N5O3/c1-5-6-7-20-13(16)12(14(21)18-15(20)22)19(4)8-11-17-9(2)10(3)23-11/h5-8,16H2,1-4H3,(H,18,21,22). The molecule has 126 valence electrons. The SMILES string of the molecule is CCCCn1c(N)c(N(C)Cc2nc(C)c(C)o2)c(=O)[nH]c1=O. The third-order valence-corrected chi connectivity index (χ3v) is 3.78. The maximum atomic E-state index is 12.1. The van der Waals surface area contributed by atoms with Crippen LogP contribution in [0.5, 0.6) is 0 Å². The fourth-order valence-electron chi connectivity index (χ4n) is 2.37. The average molecular weight is 321 g/mol. The maximum absolute atomic E-state index is 12.1. The Bertz CT molecular complexity index is 783. The van der Waals surface area contributed by atoms with Crippen LogP contribution >= 0.6 is 0 Å².